The van der Waals surface area contributed by atoms with Crippen LogP contribution >= 0.6 is 0 Å². The second kappa shape index (κ2) is 6.63. The normalized spacial score (nSPS) is 19.4. The lowest BCUT2D eigenvalue weighted by atomic mass is 9.74. The molecule has 2 rings (SSSR count). The minimum absolute atomic E-state index is 0.103. The minimum atomic E-state index is -1.70. The Hall–Kier alpha value is -2.00. The Balaban J connectivity index is 2.09. The zero-order valence-electron chi connectivity index (χ0n) is 13.0. The van der Waals surface area contributed by atoms with Gasteiger partial charge in [-0.2, -0.15) is 5.26 Å². The molecule has 6 heteroatoms. The molecule has 1 aromatic rings. The molecule has 0 spiro atoms. The number of nitrogens with one attached hydrogen (secondary N) is 1. The van der Waals surface area contributed by atoms with E-state index < -0.39 is 28.6 Å². The number of carbonyl (C=O) groups is 1. The minimum Gasteiger partial charge on any atom is -0.383 e. The number of carbonyl (C=O) groups excluding carboxylic acids is 1. The number of aliphatic hydroxyl groups is 1. The molecule has 1 atom stereocenters. The molecule has 4 nitrogen and oxygen atoms in total. The number of amides is 1. The van der Waals surface area contributed by atoms with Crippen LogP contribution in [0.25, 0.3) is 0 Å². The van der Waals surface area contributed by atoms with Crippen molar-refractivity contribution in [3.8, 4) is 6.07 Å². The Morgan fingerprint density at radius 3 is 2.61 bits per heavy atom. The van der Waals surface area contributed by atoms with Gasteiger partial charge in [-0.15, -0.1) is 0 Å². The van der Waals surface area contributed by atoms with Crippen molar-refractivity contribution < 1.29 is 18.7 Å². The summed E-state index contributed by atoms with van der Waals surface area (Å²) in [5.74, 6) is -2.06. The van der Waals surface area contributed by atoms with Crippen molar-refractivity contribution in [2.24, 2.45) is 5.41 Å². The SMILES string of the molecule is CC(O)(CNC(=O)C1(C#N)CCCCC1)c1ccc(F)cc1F. The molecule has 0 aromatic heterocycles. The highest BCUT2D eigenvalue weighted by molar-refractivity contribution is 5.85. The Bertz CT molecular complexity index is 632. The number of halogens is 2. The summed E-state index contributed by atoms with van der Waals surface area (Å²) in [5.41, 5.74) is -2.87. The second-order valence-electron chi connectivity index (χ2n) is 6.34. The molecule has 0 saturated heterocycles. The third kappa shape index (κ3) is 3.67. The van der Waals surface area contributed by atoms with Crippen LogP contribution in [0.2, 0.25) is 0 Å². The van der Waals surface area contributed by atoms with E-state index in [9.17, 15) is 23.9 Å². The van der Waals surface area contributed by atoms with Gasteiger partial charge in [0, 0.05) is 11.6 Å². The Morgan fingerprint density at radius 1 is 1.39 bits per heavy atom. The van der Waals surface area contributed by atoms with E-state index in [0.29, 0.717) is 18.9 Å². The highest BCUT2D eigenvalue weighted by atomic mass is 19.1. The van der Waals surface area contributed by atoms with Crippen LogP contribution in [0.1, 0.15) is 44.6 Å². The fourth-order valence-electron chi connectivity index (χ4n) is 2.99. The fraction of sp³-hybridized carbons (Fsp3) is 0.529. The number of benzene rings is 1. The van der Waals surface area contributed by atoms with Crippen LogP contribution in [0, 0.1) is 28.4 Å². The van der Waals surface area contributed by atoms with Gasteiger partial charge < -0.3 is 10.4 Å². The van der Waals surface area contributed by atoms with E-state index in [4.69, 9.17) is 0 Å². The van der Waals surface area contributed by atoms with Gasteiger partial charge in [-0.05, 0) is 25.8 Å². The van der Waals surface area contributed by atoms with E-state index in [1.54, 1.807) is 0 Å². The number of nitrogens with zero attached hydrogens (tertiary/aromatic N) is 1. The first-order chi connectivity index (χ1) is 10.8. The summed E-state index contributed by atoms with van der Waals surface area (Å²) in [6, 6.07) is 4.98. The van der Waals surface area contributed by atoms with Crippen LogP contribution in [0.3, 0.4) is 0 Å². The Labute approximate surface area is 134 Å². The molecule has 1 aliphatic rings. The van der Waals surface area contributed by atoms with Crippen LogP contribution in [-0.4, -0.2) is 17.6 Å². The van der Waals surface area contributed by atoms with E-state index in [0.717, 1.165) is 31.4 Å². The molecule has 2 N–H and O–H groups in total. The maximum absolute atomic E-state index is 13.8. The van der Waals surface area contributed by atoms with E-state index >= 15 is 0 Å². The predicted octanol–water partition coefficient (Wildman–Crippen LogP) is 2.76. The van der Waals surface area contributed by atoms with Crippen molar-refractivity contribution >= 4 is 5.91 Å². The van der Waals surface area contributed by atoms with Gasteiger partial charge in [-0.3, -0.25) is 4.79 Å². The van der Waals surface area contributed by atoms with E-state index in [2.05, 4.69) is 11.4 Å². The van der Waals surface area contributed by atoms with E-state index in [-0.39, 0.29) is 12.1 Å². The van der Waals surface area contributed by atoms with Crippen LogP contribution in [0.4, 0.5) is 8.78 Å². The quantitative estimate of drug-likeness (QED) is 0.895. The van der Waals surface area contributed by atoms with Gasteiger partial charge in [0.15, 0.2) is 0 Å². The van der Waals surface area contributed by atoms with E-state index in [1.165, 1.54) is 6.92 Å². The van der Waals surface area contributed by atoms with Gasteiger partial charge in [0.1, 0.15) is 22.7 Å². The average Bonchev–Trinajstić information content (AvgIpc) is 2.53. The molecular formula is C17H20F2N2O2. The second-order valence-corrected chi connectivity index (χ2v) is 6.34. The standard InChI is InChI=1S/C17H20F2N2O2/c1-16(23,13-6-5-12(18)9-14(13)19)11-21-15(22)17(10-20)7-3-2-4-8-17/h5-6,9,23H,2-4,7-8,11H2,1H3,(H,21,22). The first-order valence-corrected chi connectivity index (χ1v) is 7.68. The van der Waals surface area contributed by atoms with Crippen molar-refractivity contribution in [1.82, 2.24) is 5.32 Å². The molecular weight excluding hydrogens is 302 g/mol. The van der Waals surface area contributed by atoms with Crippen molar-refractivity contribution in [2.45, 2.75) is 44.6 Å². The molecule has 23 heavy (non-hydrogen) atoms. The largest absolute Gasteiger partial charge is 0.383 e. The third-order valence-electron chi connectivity index (χ3n) is 4.46. The summed E-state index contributed by atoms with van der Waals surface area (Å²) in [6.45, 7) is 1.08. The molecule has 1 aliphatic carbocycles. The number of hydrogen-bond donors (Lipinski definition) is 2. The third-order valence-corrected chi connectivity index (χ3v) is 4.46. The average molecular weight is 322 g/mol. The molecule has 0 radical (unpaired) electrons. The lowest BCUT2D eigenvalue weighted by Gasteiger charge is -2.31. The maximum atomic E-state index is 13.8. The van der Waals surface area contributed by atoms with Gasteiger partial charge >= 0.3 is 0 Å². The zero-order chi connectivity index (χ0) is 17.1. The zero-order valence-corrected chi connectivity index (χ0v) is 13.0. The fourth-order valence-corrected chi connectivity index (χ4v) is 2.99. The highest BCUT2D eigenvalue weighted by Gasteiger charge is 2.40. The molecule has 124 valence electrons. The first-order valence-electron chi connectivity index (χ1n) is 7.68. The lowest BCUT2D eigenvalue weighted by molar-refractivity contribution is -0.130. The van der Waals surface area contributed by atoms with Crippen LogP contribution < -0.4 is 5.32 Å². The van der Waals surface area contributed by atoms with E-state index in [1.807, 2.05) is 0 Å². The molecule has 1 fully saturated rings. The molecule has 1 saturated carbocycles. The van der Waals surface area contributed by atoms with Gasteiger partial charge in [-0.1, -0.05) is 25.3 Å². The van der Waals surface area contributed by atoms with Crippen LogP contribution in [0.15, 0.2) is 18.2 Å². The molecule has 0 heterocycles. The topological polar surface area (TPSA) is 73.1 Å². The summed E-state index contributed by atoms with van der Waals surface area (Å²) in [7, 11) is 0. The number of hydrogen-bond acceptors (Lipinski definition) is 3. The summed E-state index contributed by atoms with van der Waals surface area (Å²) in [5, 5.41) is 22.3. The van der Waals surface area contributed by atoms with Gasteiger partial charge in [-0.25, -0.2) is 8.78 Å². The van der Waals surface area contributed by atoms with Crippen molar-refractivity contribution in [1.29, 1.82) is 5.26 Å². The highest BCUT2D eigenvalue weighted by Crippen LogP contribution is 2.36. The molecule has 1 amide bonds. The Kier molecular flexibility index (Phi) is 5.00. The number of rotatable bonds is 4. The smallest absolute Gasteiger partial charge is 0.240 e. The van der Waals surface area contributed by atoms with Crippen LogP contribution in [-0.2, 0) is 10.4 Å². The lowest BCUT2D eigenvalue weighted by Crippen LogP contribution is -2.46. The summed E-state index contributed by atoms with van der Waals surface area (Å²) >= 11 is 0. The summed E-state index contributed by atoms with van der Waals surface area (Å²) < 4.78 is 26.8. The van der Waals surface area contributed by atoms with Crippen molar-refractivity contribution in [3.63, 3.8) is 0 Å². The number of nitriles is 1. The van der Waals surface area contributed by atoms with Crippen LogP contribution in [0.5, 0.6) is 0 Å². The van der Waals surface area contributed by atoms with Crippen molar-refractivity contribution in [2.75, 3.05) is 6.54 Å². The molecule has 1 aromatic carbocycles. The van der Waals surface area contributed by atoms with Gasteiger partial charge in [0.2, 0.25) is 5.91 Å². The Morgan fingerprint density at radius 2 is 2.04 bits per heavy atom. The van der Waals surface area contributed by atoms with Gasteiger partial charge in [0.05, 0.1) is 12.6 Å². The molecule has 0 bridgehead atoms. The van der Waals surface area contributed by atoms with Gasteiger partial charge in [0.25, 0.3) is 0 Å². The maximum Gasteiger partial charge on any atom is 0.240 e. The predicted molar refractivity (Wildman–Crippen MR) is 80.1 cm³/mol. The van der Waals surface area contributed by atoms with Crippen molar-refractivity contribution in [3.05, 3.63) is 35.4 Å². The molecule has 0 aliphatic heterocycles. The monoisotopic (exact) mass is 322 g/mol. The summed E-state index contributed by atoms with van der Waals surface area (Å²) in [4.78, 5) is 12.4. The molecule has 1 unspecified atom stereocenters. The summed E-state index contributed by atoms with van der Waals surface area (Å²) in [6.07, 6.45) is 3.59. The first kappa shape index (κ1) is 17.4.